The van der Waals surface area contributed by atoms with Crippen LogP contribution in [0.4, 0.5) is 0 Å². The summed E-state index contributed by atoms with van der Waals surface area (Å²) in [6.45, 7) is 11.7. The maximum atomic E-state index is 3.66. The van der Waals surface area contributed by atoms with E-state index in [4.69, 9.17) is 0 Å². The summed E-state index contributed by atoms with van der Waals surface area (Å²) >= 11 is 0. The van der Waals surface area contributed by atoms with E-state index in [9.17, 15) is 0 Å². The monoisotopic (exact) mass is 340 g/mol. The summed E-state index contributed by atoms with van der Waals surface area (Å²) in [4.78, 5) is 0. The van der Waals surface area contributed by atoms with E-state index in [0.717, 1.165) is 13.1 Å². The molecule has 144 valence electrons. The summed E-state index contributed by atoms with van der Waals surface area (Å²) in [5, 5.41) is 14.5. The zero-order valence-electron chi connectivity index (χ0n) is 16.5. The molecule has 0 spiro atoms. The van der Waals surface area contributed by atoms with Crippen LogP contribution in [0.15, 0.2) is 0 Å². The third kappa shape index (κ3) is 14.2. The quantitative estimate of drug-likeness (QED) is 0.547. The molecule has 2 atom stereocenters. The van der Waals surface area contributed by atoms with Gasteiger partial charge in [0, 0.05) is 12.1 Å². The second-order valence-corrected chi connectivity index (χ2v) is 7.62. The Labute approximate surface area is 151 Å². The second kappa shape index (κ2) is 16.3. The number of hydrogen-bond donors (Lipinski definition) is 4. The Morgan fingerprint density at radius 1 is 0.458 bits per heavy atom. The Morgan fingerprint density at radius 2 is 0.833 bits per heavy atom. The van der Waals surface area contributed by atoms with E-state index in [1.165, 1.54) is 90.4 Å². The Morgan fingerprint density at radius 3 is 1.25 bits per heavy atom. The molecule has 0 aromatic rings. The van der Waals surface area contributed by atoms with Gasteiger partial charge in [0.1, 0.15) is 0 Å². The molecule has 1 saturated heterocycles. The van der Waals surface area contributed by atoms with E-state index in [-0.39, 0.29) is 0 Å². The van der Waals surface area contributed by atoms with Crippen LogP contribution in [0, 0.1) is 0 Å². The van der Waals surface area contributed by atoms with Gasteiger partial charge in [-0.1, -0.05) is 25.7 Å². The average molecular weight is 341 g/mol. The number of nitrogens with one attached hydrogen (secondary N) is 4. The molecule has 0 aromatic heterocycles. The highest BCUT2D eigenvalue weighted by atomic mass is 14.9. The van der Waals surface area contributed by atoms with Gasteiger partial charge in [-0.15, -0.1) is 0 Å². The van der Waals surface area contributed by atoms with Crippen LogP contribution in [0.25, 0.3) is 0 Å². The standard InChI is InChI=1S/C20H44N4/c1-19-11-17-21-13-7-4-6-10-16-24-20(2)12-18-22-14-8-3-5-9-15-23-19/h19-24H,3-18H2,1-2H3. The fraction of sp³-hybridized carbons (Fsp3) is 1.00. The van der Waals surface area contributed by atoms with Crippen molar-refractivity contribution in [3.05, 3.63) is 0 Å². The van der Waals surface area contributed by atoms with Gasteiger partial charge in [0.2, 0.25) is 0 Å². The predicted molar refractivity (Wildman–Crippen MR) is 107 cm³/mol. The Kier molecular flexibility index (Phi) is 14.9. The van der Waals surface area contributed by atoms with Crippen molar-refractivity contribution >= 4 is 0 Å². The minimum atomic E-state index is 0.644. The fourth-order valence-corrected chi connectivity index (χ4v) is 3.25. The normalized spacial score (nSPS) is 29.2. The third-order valence-electron chi connectivity index (χ3n) is 5.05. The highest BCUT2D eigenvalue weighted by molar-refractivity contribution is 4.65. The van der Waals surface area contributed by atoms with Gasteiger partial charge in [0.05, 0.1) is 0 Å². The van der Waals surface area contributed by atoms with Crippen molar-refractivity contribution in [2.45, 2.75) is 90.1 Å². The minimum Gasteiger partial charge on any atom is -0.317 e. The molecule has 1 heterocycles. The lowest BCUT2D eigenvalue weighted by Gasteiger charge is -2.15. The van der Waals surface area contributed by atoms with Crippen molar-refractivity contribution in [2.75, 3.05) is 39.3 Å². The molecule has 1 aliphatic heterocycles. The highest BCUT2D eigenvalue weighted by Gasteiger charge is 2.02. The fourth-order valence-electron chi connectivity index (χ4n) is 3.25. The van der Waals surface area contributed by atoms with Crippen molar-refractivity contribution in [3.63, 3.8) is 0 Å². The second-order valence-electron chi connectivity index (χ2n) is 7.62. The smallest absolute Gasteiger partial charge is 0.00508 e. The first kappa shape index (κ1) is 21.9. The Bertz CT molecular complexity index is 210. The van der Waals surface area contributed by atoms with E-state index in [0.29, 0.717) is 12.1 Å². The van der Waals surface area contributed by atoms with Crippen LogP contribution in [-0.4, -0.2) is 51.4 Å². The third-order valence-corrected chi connectivity index (χ3v) is 5.05. The van der Waals surface area contributed by atoms with Crippen LogP contribution in [0.3, 0.4) is 0 Å². The Balaban J connectivity index is 2.14. The van der Waals surface area contributed by atoms with Crippen molar-refractivity contribution < 1.29 is 0 Å². The maximum absolute atomic E-state index is 3.66. The first-order valence-electron chi connectivity index (χ1n) is 10.7. The van der Waals surface area contributed by atoms with Gasteiger partial charge in [-0.25, -0.2) is 0 Å². The summed E-state index contributed by atoms with van der Waals surface area (Å²) < 4.78 is 0. The van der Waals surface area contributed by atoms with Gasteiger partial charge in [-0.05, 0) is 91.6 Å². The van der Waals surface area contributed by atoms with Crippen molar-refractivity contribution in [1.29, 1.82) is 0 Å². The topological polar surface area (TPSA) is 48.1 Å². The van der Waals surface area contributed by atoms with Gasteiger partial charge in [-0.2, -0.15) is 0 Å². The van der Waals surface area contributed by atoms with E-state index in [1.807, 2.05) is 0 Å². The van der Waals surface area contributed by atoms with E-state index >= 15 is 0 Å². The lowest BCUT2D eigenvalue weighted by Crippen LogP contribution is -2.31. The summed E-state index contributed by atoms with van der Waals surface area (Å²) in [6.07, 6.45) is 13.2. The van der Waals surface area contributed by atoms with Gasteiger partial charge in [-0.3, -0.25) is 0 Å². The van der Waals surface area contributed by atoms with Crippen LogP contribution in [0.5, 0.6) is 0 Å². The first-order valence-corrected chi connectivity index (χ1v) is 10.7. The summed E-state index contributed by atoms with van der Waals surface area (Å²) in [6, 6.07) is 1.29. The SMILES string of the molecule is CC1CCNCCCCCCNC(C)CCNCCCCCCN1. The molecule has 0 saturated carbocycles. The highest BCUT2D eigenvalue weighted by Crippen LogP contribution is 2.01. The molecule has 1 fully saturated rings. The summed E-state index contributed by atoms with van der Waals surface area (Å²) in [5.41, 5.74) is 0. The van der Waals surface area contributed by atoms with Crippen LogP contribution in [0.1, 0.15) is 78.1 Å². The molecule has 0 aliphatic carbocycles. The molecule has 1 aliphatic rings. The molecule has 0 amide bonds. The molecule has 0 radical (unpaired) electrons. The molecule has 4 N–H and O–H groups in total. The number of hydrogen-bond acceptors (Lipinski definition) is 4. The lowest BCUT2D eigenvalue weighted by molar-refractivity contribution is 0.457. The van der Waals surface area contributed by atoms with E-state index in [1.54, 1.807) is 0 Å². The molecular weight excluding hydrogens is 296 g/mol. The molecule has 2 unspecified atom stereocenters. The van der Waals surface area contributed by atoms with Crippen LogP contribution >= 0.6 is 0 Å². The van der Waals surface area contributed by atoms with Crippen LogP contribution in [0.2, 0.25) is 0 Å². The number of rotatable bonds is 0. The molecular formula is C20H44N4. The lowest BCUT2D eigenvalue weighted by atomic mass is 10.1. The van der Waals surface area contributed by atoms with E-state index < -0.39 is 0 Å². The van der Waals surface area contributed by atoms with Crippen LogP contribution < -0.4 is 21.3 Å². The van der Waals surface area contributed by atoms with Crippen molar-refractivity contribution in [3.8, 4) is 0 Å². The zero-order chi connectivity index (χ0) is 17.3. The molecule has 24 heavy (non-hydrogen) atoms. The van der Waals surface area contributed by atoms with Gasteiger partial charge in [0.15, 0.2) is 0 Å². The predicted octanol–water partition coefficient (Wildman–Crippen LogP) is 3.04. The maximum Gasteiger partial charge on any atom is 0.00508 e. The van der Waals surface area contributed by atoms with Crippen molar-refractivity contribution in [1.82, 2.24) is 21.3 Å². The molecule has 0 aromatic carbocycles. The molecule has 4 nitrogen and oxygen atoms in total. The first-order chi connectivity index (χ1) is 11.8. The van der Waals surface area contributed by atoms with Crippen LogP contribution in [-0.2, 0) is 0 Å². The van der Waals surface area contributed by atoms with Gasteiger partial charge < -0.3 is 21.3 Å². The van der Waals surface area contributed by atoms with E-state index in [2.05, 4.69) is 35.1 Å². The minimum absolute atomic E-state index is 0.644. The molecule has 0 bridgehead atoms. The van der Waals surface area contributed by atoms with Gasteiger partial charge in [0.25, 0.3) is 0 Å². The molecule has 1 rings (SSSR count). The average Bonchev–Trinajstić information content (AvgIpc) is 2.57. The van der Waals surface area contributed by atoms with Gasteiger partial charge >= 0.3 is 0 Å². The summed E-state index contributed by atoms with van der Waals surface area (Å²) in [7, 11) is 0. The Hall–Kier alpha value is -0.160. The molecule has 4 heteroatoms. The summed E-state index contributed by atoms with van der Waals surface area (Å²) in [5.74, 6) is 0. The largest absolute Gasteiger partial charge is 0.317 e. The van der Waals surface area contributed by atoms with Crippen molar-refractivity contribution in [2.24, 2.45) is 0 Å². The zero-order valence-corrected chi connectivity index (χ0v) is 16.5.